The van der Waals surface area contributed by atoms with Gasteiger partial charge in [0.1, 0.15) is 11.6 Å². The summed E-state index contributed by atoms with van der Waals surface area (Å²) < 4.78 is 12.2. The molecule has 62 valence electrons. The lowest BCUT2D eigenvalue weighted by atomic mass is 10.3. The van der Waals surface area contributed by atoms with Gasteiger partial charge in [-0.3, -0.25) is 0 Å². The Morgan fingerprint density at radius 2 is 1.91 bits per heavy atom. The van der Waals surface area contributed by atoms with Crippen LogP contribution in [0.25, 0.3) is 0 Å². The largest absolute Gasteiger partial charge is 0.506 e. The molecule has 1 rings (SSSR count). The third-order valence-corrected chi connectivity index (χ3v) is 1.21. The maximum absolute atomic E-state index is 12.2. The number of hydrogen-bond donors (Lipinski definition) is 1. The third kappa shape index (κ3) is 3.23. The van der Waals surface area contributed by atoms with Crippen molar-refractivity contribution in [3.8, 4) is 5.75 Å². The fraction of sp³-hybridized carbons (Fsp3) is 0.250. The van der Waals surface area contributed by atoms with Crippen LogP contribution in [0.4, 0.5) is 4.39 Å². The number of hydrogen-bond acceptors (Lipinski definition) is 1. The second kappa shape index (κ2) is 4.97. The van der Waals surface area contributed by atoms with E-state index in [1.165, 1.54) is 6.07 Å². The molecular formula is C8H10ClFO. The van der Waals surface area contributed by atoms with Crippen LogP contribution in [-0.4, -0.2) is 5.11 Å². The van der Waals surface area contributed by atoms with Crippen LogP contribution in [-0.2, 0) is 0 Å². The van der Waals surface area contributed by atoms with E-state index in [-0.39, 0.29) is 10.8 Å². The van der Waals surface area contributed by atoms with Crippen molar-refractivity contribution in [1.82, 2.24) is 0 Å². The van der Waals surface area contributed by atoms with Gasteiger partial charge in [-0.05, 0) is 18.2 Å². The van der Waals surface area contributed by atoms with Crippen LogP contribution in [0.15, 0.2) is 18.2 Å². The molecule has 0 aromatic heterocycles. The van der Waals surface area contributed by atoms with Crippen molar-refractivity contribution >= 4 is 11.6 Å². The lowest BCUT2D eigenvalue weighted by Gasteiger charge is -1.92. The zero-order valence-corrected chi connectivity index (χ0v) is 7.19. The van der Waals surface area contributed by atoms with E-state index in [0.717, 1.165) is 12.1 Å². The minimum atomic E-state index is -0.446. The van der Waals surface area contributed by atoms with E-state index in [1.54, 1.807) is 0 Å². The average Bonchev–Trinajstić information content (AvgIpc) is 2.02. The smallest absolute Gasteiger partial charge is 0.134 e. The first-order valence-corrected chi connectivity index (χ1v) is 3.72. The average molecular weight is 177 g/mol. The molecule has 0 heterocycles. The molecule has 0 fully saturated rings. The number of phenolic OH excluding ortho intramolecular Hbond substituents is 1. The zero-order valence-electron chi connectivity index (χ0n) is 6.44. The Kier molecular flexibility index (Phi) is 4.62. The molecule has 0 spiro atoms. The fourth-order valence-corrected chi connectivity index (χ4v) is 0.648. The highest BCUT2D eigenvalue weighted by Gasteiger charge is 1.96. The SMILES string of the molecule is CC.Oc1ccc(F)cc1Cl. The first-order chi connectivity index (χ1) is 5.20. The number of benzene rings is 1. The van der Waals surface area contributed by atoms with Crippen molar-refractivity contribution < 1.29 is 9.50 Å². The van der Waals surface area contributed by atoms with Gasteiger partial charge in [-0.1, -0.05) is 25.4 Å². The Balaban J connectivity index is 0.000000461. The Morgan fingerprint density at radius 1 is 1.36 bits per heavy atom. The van der Waals surface area contributed by atoms with Crippen molar-refractivity contribution in [2.75, 3.05) is 0 Å². The van der Waals surface area contributed by atoms with Gasteiger partial charge in [0.15, 0.2) is 0 Å². The van der Waals surface area contributed by atoms with Gasteiger partial charge >= 0.3 is 0 Å². The molecule has 0 bridgehead atoms. The Morgan fingerprint density at radius 3 is 2.27 bits per heavy atom. The van der Waals surface area contributed by atoms with E-state index >= 15 is 0 Å². The first kappa shape index (κ1) is 10.2. The van der Waals surface area contributed by atoms with Crippen molar-refractivity contribution in [1.29, 1.82) is 0 Å². The van der Waals surface area contributed by atoms with Crippen LogP contribution in [0.3, 0.4) is 0 Å². The highest BCUT2D eigenvalue weighted by molar-refractivity contribution is 6.31. The highest BCUT2D eigenvalue weighted by Crippen LogP contribution is 2.22. The topological polar surface area (TPSA) is 20.2 Å². The molecule has 1 aromatic rings. The minimum Gasteiger partial charge on any atom is -0.506 e. The Bertz CT molecular complexity index is 225. The van der Waals surface area contributed by atoms with Gasteiger partial charge in [0.25, 0.3) is 0 Å². The monoisotopic (exact) mass is 176 g/mol. The van der Waals surface area contributed by atoms with Crippen LogP contribution < -0.4 is 0 Å². The van der Waals surface area contributed by atoms with Gasteiger partial charge in [0.2, 0.25) is 0 Å². The van der Waals surface area contributed by atoms with E-state index in [4.69, 9.17) is 16.7 Å². The molecule has 11 heavy (non-hydrogen) atoms. The molecule has 0 aliphatic heterocycles. The van der Waals surface area contributed by atoms with Crippen molar-refractivity contribution in [2.45, 2.75) is 13.8 Å². The highest BCUT2D eigenvalue weighted by atomic mass is 35.5. The second-order valence-corrected chi connectivity index (χ2v) is 2.00. The van der Waals surface area contributed by atoms with Gasteiger partial charge < -0.3 is 5.11 Å². The van der Waals surface area contributed by atoms with Crippen LogP contribution in [0.5, 0.6) is 5.75 Å². The van der Waals surface area contributed by atoms with Gasteiger partial charge in [0.05, 0.1) is 5.02 Å². The number of rotatable bonds is 0. The molecule has 0 saturated carbocycles. The molecular weight excluding hydrogens is 167 g/mol. The minimum absolute atomic E-state index is 0.0370. The molecule has 3 heteroatoms. The predicted octanol–water partition coefficient (Wildman–Crippen LogP) is 3.21. The van der Waals surface area contributed by atoms with Crippen LogP contribution in [0.2, 0.25) is 5.02 Å². The standard InChI is InChI=1S/C6H4ClFO.C2H6/c7-5-3-4(8)1-2-6(5)9;1-2/h1-3,9H;1-2H3. The summed E-state index contributed by atoms with van der Waals surface area (Å²) in [7, 11) is 0. The summed E-state index contributed by atoms with van der Waals surface area (Å²) in [4.78, 5) is 0. The van der Waals surface area contributed by atoms with Crippen LogP contribution in [0, 0.1) is 5.82 Å². The Hall–Kier alpha value is -0.760. The predicted molar refractivity (Wildman–Crippen MR) is 44.4 cm³/mol. The molecule has 1 nitrogen and oxygen atoms in total. The number of phenols is 1. The molecule has 0 radical (unpaired) electrons. The molecule has 0 aliphatic rings. The van der Waals surface area contributed by atoms with Gasteiger partial charge in [-0.25, -0.2) is 4.39 Å². The summed E-state index contributed by atoms with van der Waals surface area (Å²) in [6, 6.07) is 3.40. The van der Waals surface area contributed by atoms with E-state index < -0.39 is 5.82 Å². The molecule has 0 saturated heterocycles. The van der Waals surface area contributed by atoms with Crippen LogP contribution in [0.1, 0.15) is 13.8 Å². The fourth-order valence-electron chi connectivity index (χ4n) is 0.481. The summed E-state index contributed by atoms with van der Waals surface area (Å²) in [5, 5.41) is 8.78. The lowest BCUT2D eigenvalue weighted by Crippen LogP contribution is -1.71. The third-order valence-electron chi connectivity index (χ3n) is 0.910. The van der Waals surface area contributed by atoms with E-state index in [2.05, 4.69) is 0 Å². The molecule has 1 N–H and O–H groups in total. The van der Waals surface area contributed by atoms with Crippen molar-refractivity contribution in [3.63, 3.8) is 0 Å². The summed E-state index contributed by atoms with van der Waals surface area (Å²) in [6.45, 7) is 4.00. The molecule has 0 unspecified atom stereocenters. The van der Waals surface area contributed by atoms with Crippen molar-refractivity contribution in [2.24, 2.45) is 0 Å². The quantitative estimate of drug-likeness (QED) is 0.644. The second-order valence-electron chi connectivity index (χ2n) is 1.60. The van der Waals surface area contributed by atoms with Gasteiger partial charge in [0, 0.05) is 0 Å². The normalized spacial score (nSPS) is 8.36. The van der Waals surface area contributed by atoms with Gasteiger partial charge in [-0.2, -0.15) is 0 Å². The maximum Gasteiger partial charge on any atom is 0.134 e. The van der Waals surface area contributed by atoms with Gasteiger partial charge in [-0.15, -0.1) is 0 Å². The summed E-state index contributed by atoms with van der Waals surface area (Å²) >= 11 is 5.32. The number of aromatic hydroxyl groups is 1. The summed E-state index contributed by atoms with van der Waals surface area (Å²) in [6.07, 6.45) is 0. The Labute approximate surface area is 70.4 Å². The summed E-state index contributed by atoms with van der Waals surface area (Å²) in [5.41, 5.74) is 0. The lowest BCUT2D eigenvalue weighted by molar-refractivity contribution is 0.473. The van der Waals surface area contributed by atoms with E-state index in [9.17, 15) is 4.39 Å². The molecule has 0 atom stereocenters. The maximum atomic E-state index is 12.2. The van der Waals surface area contributed by atoms with E-state index in [1.807, 2.05) is 13.8 Å². The molecule has 1 aromatic carbocycles. The zero-order chi connectivity index (χ0) is 8.85. The first-order valence-electron chi connectivity index (χ1n) is 3.34. The molecule has 0 amide bonds. The molecule has 0 aliphatic carbocycles. The van der Waals surface area contributed by atoms with E-state index in [0.29, 0.717) is 0 Å². The van der Waals surface area contributed by atoms with Crippen molar-refractivity contribution in [3.05, 3.63) is 29.0 Å². The summed E-state index contributed by atoms with van der Waals surface area (Å²) in [5.74, 6) is -0.545. The number of halogens is 2. The van der Waals surface area contributed by atoms with Crippen LogP contribution >= 0.6 is 11.6 Å².